The normalized spacial score (nSPS) is 9.95. The maximum atomic E-state index is 11.7. The van der Waals surface area contributed by atoms with Gasteiger partial charge in [0, 0.05) is 5.69 Å². The molecule has 0 radical (unpaired) electrons. The molecule has 0 aliphatic carbocycles. The summed E-state index contributed by atoms with van der Waals surface area (Å²) in [6, 6.07) is 14.7. The average Bonchev–Trinajstić information content (AvgIpc) is 2.41. The van der Waals surface area contributed by atoms with Crippen molar-refractivity contribution in [3.63, 3.8) is 0 Å². The van der Waals surface area contributed by atoms with Crippen molar-refractivity contribution in [2.75, 3.05) is 17.7 Å². The fourth-order valence-corrected chi connectivity index (χ4v) is 1.63. The molecule has 0 fully saturated rings. The Morgan fingerprint density at radius 3 is 2.68 bits per heavy atom. The number of anilines is 2. The smallest absolute Gasteiger partial charge is 0.262 e. The van der Waals surface area contributed by atoms with Gasteiger partial charge in [-0.3, -0.25) is 4.79 Å². The molecule has 0 saturated heterocycles. The number of carbonyl (C=O) groups is 1. The van der Waals surface area contributed by atoms with E-state index in [1.54, 1.807) is 6.07 Å². The maximum absolute atomic E-state index is 11.7. The molecule has 4 nitrogen and oxygen atoms in total. The highest BCUT2D eigenvalue weighted by Gasteiger charge is 2.05. The van der Waals surface area contributed by atoms with Gasteiger partial charge in [0.05, 0.1) is 5.69 Å². The Kier molecular flexibility index (Phi) is 4.03. The van der Waals surface area contributed by atoms with E-state index < -0.39 is 0 Å². The SMILES string of the molecule is Cc1ccc(N)c(OCC(=O)Nc2ccccc2)c1. The van der Waals surface area contributed by atoms with Crippen LogP contribution in [0.5, 0.6) is 5.75 Å². The molecule has 0 aliphatic heterocycles. The topological polar surface area (TPSA) is 64.3 Å². The van der Waals surface area contributed by atoms with Crippen LogP contribution in [0.25, 0.3) is 0 Å². The van der Waals surface area contributed by atoms with Crippen LogP contribution in [0, 0.1) is 6.92 Å². The van der Waals surface area contributed by atoms with Gasteiger partial charge >= 0.3 is 0 Å². The maximum Gasteiger partial charge on any atom is 0.262 e. The van der Waals surface area contributed by atoms with Crippen molar-refractivity contribution in [2.45, 2.75) is 6.92 Å². The summed E-state index contributed by atoms with van der Waals surface area (Å²) in [5.74, 6) is 0.315. The Balaban J connectivity index is 1.92. The molecule has 0 spiro atoms. The van der Waals surface area contributed by atoms with Gasteiger partial charge in [-0.25, -0.2) is 0 Å². The van der Waals surface area contributed by atoms with Gasteiger partial charge in [-0.1, -0.05) is 24.3 Å². The second kappa shape index (κ2) is 5.91. The molecule has 4 heteroatoms. The summed E-state index contributed by atoms with van der Waals surface area (Å²) in [7, 11) is 0. The van der Waals surface area contributed by atoms with Crippen LogP contribution < -0.4 is 15.8 Å². The van der Waals surface area contributed by atoms with Crippen LogP contribution in [-0.2, 0) is 4.79 Å². The molecular formula is C15H16N2O2. The molecule has 3 N–H and O–H groups in total. The van der Waals surface area contributed by atoms with E-state index in [2.05, 4.69) is 5.32 Å². The summed E-state index contributed by atoms with van der Waals surface area (Å²) >= 11 is 0. The van der Waals surface area contributed by atoms with Gasteiger partial charge in [0.2, 0.25) is 0 Å². The van der Waals surface area contributed by atoms with Crippen LogP contribution >= 0.6 is 0 Å². The number of aryl methyl sites for hydroxylation is 1. The number of carbonyl (C=O) groups excluding carboxylic acids is 1. The first-order valence-corrected chi connectivity index (χ1v) is 5.99. The molecule has 0 unspecified atom stereocenters. The van der Waals surface area contributed by atoms with E-state index in [0.717, 1.165) is 11.3 Å². The van der Waals surface area contributed by atoms with Crippen LogP contribution in [-0.4, -0.2) is 12.5 Å². The van der Waals surface area contributed by atoms with E-state index >= 15 is 0 Å². The van der Waals surface area contributed by atoms with Crippen LogP contribution in [0.4, 0.5) is 11.4 Å². The highest BCUT2D eigenvalue weighted by atomic mass is 16.5. The van der Waals surface area contributed by atoms with Gasteiger partial charge in [0.25, 0.3) is 5.91 Å². The van der Waals surface area contributed by atoms with E-state index in [9.17, 15) is 4.79 Å². The number of hydrogen-bond acceptors (Lipinski definition) is 3. The summed E-state index contributed by atoms with van der Waals surface area (Å²) in [5.41, 5.74) is 8.08. The van der Waals surface area contributed by atoms with Crippen molar-refractivity contribution in [3.8, 4) is 5.75 Å². The molecule has 2 aromatic carbocycles. The highest BCUT2D eigenvalue weighted by molar-refractivity contribution is 5.91. The minimum absolute atomic E-state index is 0.0669. The number of rotatable bonds is 4. The van der Waals surface area contributed by atoms with Gasteiger partial charge in [-0.05, 0) is 36.8 Å². The lowest BCUT2D eigenvalue weighted by molar-refractivity contribution is -0.118. The first-order chi connectivity index (χ1) is 9.15. The molecule has 0 aromatic heterocycles. The van der Waals surface area contributed by atoms with Crippen LogP contribution in [0.1, 0.15) is 5.56 Å². The Morgan fingerprint density at radius 2 is 1.95 bits per heavy atom. The minimum atomic E-state index is -0.216. The first-order valence-electron chi connectivity index (χ1n) is 5.99. The highest BCUT2D eigenvalue weighted by Crippen LogP contribution is 2.22. The van der Waals surface area contributed by atoms with E-state index in [1.165, 1.54) is 0 Å². The van der Waals surface area contributed by atoms with Crippen LogP contribution in [0.2, 0.25) is 0 Å². The zero-order valence-electron chi connectivity index (χ0n) is 10.7. The standard InChI is InChI=1S/C15H16N2O2/c1-11-7-8-13(16)14(9-11)19-10-15(18)17-12-5-3-2-4-6-12/h2-9H,10,16H2,1H3,(H,17,18). The summed E-state index contributed by atoms with van der Waals surface area (Å²) in [4.78, 5) is 11.7. The molecule has 2 rings (SSSR count). The minimum Gasteiger partial charge on any atom is -0.482 e. The van der Waals surface area contributed by atoms with Crippen molar-refractivity contribution in [2.24, 2.45) is 0 Å². The lowest BCUT2D eigenvalue weighted by atomic mass is 10.2. The monoisotopic (exact) mass is 256 g/mol. The number of amides is 1. The third kappa shape index (κ3) is 3.74. The number of nitrogen functional groups attached to an aromatic ring is 1. The predicted molar refractivity (Wildman–Crippen MR) is 76.2 cm³/mol. The molecule has 0 bridgehead atoms. The van der Waals surface area contributed by atoms with Gasteiger partial charge < -0.3 is 15.8 Å². The molecule has 0 aliphatic rings. The Labute approximate surface area is 112 Å². The van der Waals surface area contributed by atoms with E-state index in [0.29, 0.717) is 11.4 Å². The van der Waals surface area contributed by atoms with Gasteiger partial charge in [0.1, 0.15) is 5.75 Å². The quantitative estimate of drug-likeness (QED) is 0.826. The third-order valence-corrected chi connectivity index (χ3v) is 2.59. The molecule has 0 heterocycles. The van der Waals surface area contributed by atoms with Gasteiger partial charge in [0.15, 0.2) is 6.61 Å². The fraction of sp³-hybridized carbons (Fsp3) is 0.133. The Bertz CT molecular complexity index is 568. The fourth-order valence-electron chi connectivity index (χ4n) is 1.63. The zero-order chi connectivity index (χ0) is 13.7. The summed E-state index contributed by atoms with van der Waals surface area (Å²) in [5, 5.41) is 2.74. The number of nitrogens with two attached hydrogens (primary N) is 1. The second-order valence-electron chi connectivity index (χ2n) is 4.24. The Morgan fingerprint density at radius 1 is 1.21 bits per heavy atom. The van der Waals surface area contributed by atoms with Crippen LogP contribution in [0.15, 0.2) is 48.5 Å². The third-order valence-electron chi connectivity index (χ3n) is 2.59. The number of ether oxygens (including phenoxy) is 1. The zero-order valence-corrected chi connectivity index (χ0v) is 10.7. The van der Waals surface area contributed by atoms with Crippen LogP contribution in [0.3, 0.4) is 0 Å². The predicted octanol–water partition coefficient (Wildman–Crippen LogP) is 2.59. The summed E-state index contributed by atoms with van der Waals surface area (Å²) < 4.78 is 5.41. The molecule has 19 heavy (non-hydrogen) atoms. The van der Waals surface area contributed by atoms with Crippen molar-refractivity contribution in [1.82, 2.24) is 0 Å². The number of hydrogen-bond donors (Lipinski definition) is 2. The molecular weight excluding hydrogens is 240 g/mol. The number of nitrogens with one attached hydrogen (secondary N) is 1. The average molecular weight is 256 g/mol. The van der Waals surface area contributed by atoms with Crippen molar-refractivity contribution < 1.29 is 9.53 Å². The lowest BCUT2D eigenvalue weighted by Gasteiger charge is -2.10. The first kappa shape index (κ1) is 13.0. The number of para-hydroxylation sites is 1. The van der Waals surface area contributed by atoms with E-state index in [1.807, 2.05) is 49.4 Å². The van der Waals surface area contributed by atoms with Crippen molar-refractivity contribution in [1.29, 1.82) is 0 Å². The van der Waals surface area contributed by atoms with Gasteiger partial charge in [-0.2, -0.15) is 0 Å². The summed E-state index contributed by atoms with van der Waals surface area (Å²) in [6.07, 6.45) is 0. The molecule has 1 amide bonds. The largest absolute Gasteiger partial charge is 0.482 e. The second-order valence-corrected chi connectivity index (χ2v) is 4.24. The number of benzene rings is 2. The molecule has 2 aromatic rings. The molecule has 98 valence electrons. The van der Waals surface area contributed by atoms with Crippen molar-refractivity contribution >= 4 is 17.3 Å². The van der Waals surface area contributed by atoms with Crippen molar-refractivity contribution in [3.05, 3.63) is 54.1 Å². The lowest BCUT2D eigenvalue weighted by Crippen LogP contribution is -2.20. The molecule has 0 atom stereocenters. The molecule has 0 saturated carbocycles. The van der Waals surface area contributed by atoms with E-state index in [-0.39, 0.29) is 12.5 Å². The van der Waals surface area contributed by atoms with Gasteiger partial charge in [-0.15, -0.1) is 0 Å². The summed E-state index contributed by atoms with van der Waals surface area (Å²) in [6.45, 7) is 1.87. The van der Waals surface area contributed by atoms with E-state index in [4.69, 9.17) is 10.5 Å². The Hall–Kier alpha value is -2.49.